The summed E-state index contributed by atoms with van der Waals surface area (Å²) in [6.07, 6.45) is 1.37. The van der Waals surface area contributed by atoms with Crippen molar-refractivity contribution in [2.75, 3.05) is 11.9 Å². The highest BCUT2D eigenvalue weighted by molar-refractivity contribution is 6.30. The van der Waals surface area contributed by atoms with E-state index in [4.69, 9.17) is 11.6 Å². The molecule has 3 rings (SSSR count). The molecule has 124 valence electrons. The van der Waals surface area contributed by atoms with E-state index < -0.39 is 6.04 Å². The van der Waals surface area contributed by atoms with E-state index in [1.807, 2.05) is 0 Å². The van der Waals surface area contributed by atoms with Gasteiger partial charge in [0.15, 0.2) is 0 Å². The Morgan fingerprint density at radius 3 is 2.42 bits per heavy atom. The first-order valence-electron chi connectivity index (χ1n) is 7.67. The van der Waals surface area contributed by atoms with Gasteiger partial charge in [-0.2, -0.15) is 0 Å². The Hall–Kier alpha value is -2.40. The predicted octanol–water partition coefficient (Wildman–Crippen LogP) is 3.72. The van der Waals surface area contributed by atoms with Crippen molar-refractivity contribution in [3.05, 3.63) is 64.9 Å². The molecule has 0 spiro atoms. The first kappa shape index (κ1) is 16.5. The number of carbonyl (C=O) groups excluding carboxylic acids is 2. The van der Waals surface area contributed by atoms with Gasteiger partial charge in [0.25, 0.3) is 5.91 Å². The average molecular weight is 347 g/mol. The molecule has 2 aromatic carbocycles. The molecule has 24 heavy (non-hydrogen) atoms. The summed E-state index contributed by atoms with van der Waals surface area (Å²) in [5.41, 5.74) is 1.01. The second-order valence-corrected chi connectivity index (χ2v) is 6.10. The van der Waals surface area contributed by atoms with Crippen LogP contribution in [0.15, 0.2) is 48.5 Å². The number of halogens is 2. The minimum Gasteiger partial charge on any atom is -0.327 e. The topological polar surface area (TPSA) is 49.4 Å². The van der Waals surface area contributed by atoms with Crippen LogP contribution in [0.3, 0.4) is 0 Å². The number of benzene rings is 2. The average Bonchev–Trinajstić information content (AvgIpc) is 3.07. The molecule has 2 aromatic rings. The van der Waals surface area contributed by atoms with E-state index in [0.717, 1.165) is 6.42 Å². The van der Waals surface area contributed by atoms with Gasteiger partial charge in [-0.05, 0) is 61.4 Å². The van der Waals surface area contributed by atoms with Gasteiger partial charge in [0, 0.05) is 22.8 Å². The third-order valence-corrected chi connectivity index (χ3v) is 4.27. The van der Waals surface area contributed by atoms with E-state index in [0.29, 0.717) is 29.2 Å². The van der Waals surface area contributed by atoms with E-state index >= 15 is 0 Å². The normalized spacial score (nSPS) is 16.9. The molecule has 0 aromatic heterocycles. The van der Waals surface area contributed by atoms with Crippen molar-refractivity contribution in [3.8, 4) is 0 Å². The smallest absolute Gasteiger partial charge is 0.254 e. The molecule has 2 amide bonds. The molecule has 1 unspecified atom stereocenters. The molecule has 1 atom stereocenters. The number of likely N-dealkylation sites (tertiary alicyclic amines) is 1. The van der Waals surface area contributed by atoms with Crippen LogP contribution in [0.1, 0.15) is 23.2 Å². The molecular weight excluding hydrogens is 331 g/mol. The Labute approximate surface area is 144 Å². The molecule has 6 heteroatoms. The summed E-state index contributed by atoms with van der Waals surface area (Å²) in [5, 5.41) is 3.29. The summed E-state index contributed by atoms with van der Waals surface area (Å²) >= 11 is 5.84. The van der Waals surface area contributed by atoms with E-state index in [9.17, 15) is 14.0 Å². The fourth-order valence-electron chi connectivity index (χ4n) is 2.80. The van der Waals surface area contributed by atoms with Gasteiger partial charge in [-0.1, -0.05) is 11.6 Å². The van der Waals surface area contributed by atoms with Gasteiger partial charge in [0.2, 0.25) is 5.91 Å². The van der Waals surface area contributed by atoms with Gasteiger partial charge in [-0.3, -0.25) is 9.59 Å². The number of rotatable bonds is 3. The quantitative estimate of drug-likeness (QED) is 0.920. The van der Waals surface area contributed by atoms with Gasteiger partial charge in [0.05, 0.1) is 0 Å². The lowest BCUT2D eigenvalue weighted by atomic mass is 10.1. The van der Waals surface area contributed by atoms with Crippen LogP contribution in [0.4, 0.5) is 10.1 Å². The summed E-state index contributed by atoms with van der Waals surface area (Å²) in [5.74, 6) is -0.821. The van der Waals surface area contributed by atoms with Crippen LogP contribution >= 0.6 is 11.6 Å². The largest absolute Gasteiger partial charge is 0.327 e. The number of amides is 2. The Morgan fingerprint density at radius 1 is 1.08 bits per heavy atom. The van der Waals surface area contributed by atoms with Gasteiger partial charge in [-0.25, -0.2) is 4.39 Å². The van der Waals surface area contributed by atoms with Crippen LogP contribution in [0.5, 0.6) is 0 Å². The predicted molar refractivity (Wildman–Crippen MR) is 90.5 cm³/mol. The monoisotopic (exact) mass is 346 g/mol. The van der Waals surface area contributed by atoms with Gasteiger partial charge >= 0.3 is 0 Å². The van der Waals surface area contributed by atoms with Crippen molar-refractivity contribution in [2.24, 2.45) is 0 Å². The van der Waals surface area contributed by atoms with Crippen LogP contribution in [-0.4, -0.2) is 29.3 Å². The lowest BCUT2D eigenvalue weighted by molar-refractivity contribution is -0.119. The maximum Gasteiger partial charge on any atom is 0.254 e. The van der Waals surface area contributed by atoms with Gasteiger partial charge < -0.3 is 10.2 Å². The zero-order valence-corrected chi connectivity index (χ0v) is 13.6. The number of anilines is 1. The lowest BCUT2D eigenvalue weighted by Crippen LogP contribution is -2.43. The number of carbonyl (C=O) groups is 2. The molecule has 1 saturated heterocycles. The molecule has 1 heterocycles. The lowest BCUT2D eigenvalue weighted by Gasteiger charge is -2.24. The first-order chi connectivity index (χ1) is 11.5. The van der Waals surface area contributed by atoms with E-state index in [2.05, 4.69) is 5.32 Å². The number of hydrogen-bond donors (Lipinski definition) is 1. The zero-order chi connectivity index (χ0) is 17.1. The van der Waals surface area contributed by atoms with Crippen LogP contribution < -0.4 is 5.32 Å². The summed E-state index contributed by atoms with van der Waals surface area (Å²) in [4.78, 5) is 26.7. The summed E-state index contributed by atoms with van der Waals surface area (Å²) in [7, 11) is 0. The fourth-order valence-corrected chi connectivity index (χ4v) is 2.93. The Morgan fingerprint density at radius 2 is 1.75 bits per heavy atom. The van der Waals surface area contributed by atoms with Crippen LogP contribution in [0, 0.1) is 5.82 Å². The molecule has 0 aliphatic carbocycles. The molecule has 1 aliphatic rings. The molecule has 1 aliphatic heterocycles. The molecule has 0 saturated carbocycles. The van der Waals surface area contributed by atoms with E-state index in [1.165, 1.54) is 24.3 Å². The number of hydrogen-bond acceptors (Lipinski definition) is 2. The molecule has 4 nitrogen and oxygen atoms in total. The van der Waals surface area contributed by atoms with E-state index in [-0.39, 0.29) is 17.6 Å². The number of nitrogens with zero attached hydrogens (tertiary/aromatic N) is 1. The second-order valence-electron chi connectivity index (χ2n) is 5.66. The maximum atomic E-state index is 12.9. The summed E-state index contributed by atoms with van der Waals surface area (Å²) in [6, 6.07) is 11.6. The molecule has 1 fully saturated rings. The highest BCUT2D eigenvalue weighted by atomic mass is 35.5. The van der Waals surface area contributed by atoms with Crippen molar-refractivity contribution >= 4 is 29.1 Å². The minimum atomic E-state index is -0.529. The van der Waals surface area contributed by atoms with Gasteiger partial charge in [0.1, 0.15) is 11.9 Å². The third-order valence-electron chi connectivity index (χ3n) is 4.02. The molecular formula is C18H16ClFN2O2. The summed E-state index contributed by atoms with van der Waals surface area (Å²) < 4.78 is 12.9. The van der Waals surface area contributed by atoms with Crippen molar-refractivity contribution in [2.45, 2.75) is 18.9 Å². The SMILES string of the molecule is O=C(Nc1ccc(F)cc1)C1CCCN1C(=O)c1ccc(Cl)cc1. The minimum absolute atomic E-state index is 0.191. The van der Waals surface area contributed by atoms with Crippen molar-refractivity contribution < 1.29 is 14.0 Å². The van der Waals surface area contributed by atoms with Gasteiger partial charge in [-0.15, -0.1) is 0 Å². The Balaban J connectivity index is 1.72. The molecule has 0 radical (unpaired) electrons. The first-order valence-corrected chi connectivity index (χ1v) is 8.05. The van der Waals surface area contributed by atoms with Crippen LogP contribution in [-0.2, 0) is 4.79 Å². The standard InChI is InChI=1S/C18H16ClFN2O2/c19-13-5-3-12(4-6-13)18(24)22-11-1-2-16(22)17(23)21-15-9-7-14(20)8-10-15/h3-10,16H,1-2,11H2,(H,21,23). The maximum absolute atomic E-state index is 12.9. The molecule has 1 N–H and O–H groups in total. The van der Waals surface area contributed by atoms with Crippen molar-refractivity contribution in [1.82, 2.24) is 4.90 Å². The van der Waals surface area contributed by atoms with Crippen molar-refractivity contribution in [1.29, 1.82) is 0 Å². The Kier molecular flexibility index (Phi) is 4.81. The summed E-state index contributed by atoms with van der Waals surface area (Å²) in [6.45, 7) is 0.531. The number of nitrogens with one attached hydrogen (secondary N) is 1. The van der Waals surface area contributed by atoms with Crippen LogP contribution in [0.25, 0.3) is 0 Å². The Bertz CT molecular complexity index is 747. The fraction of sp³-hybridized carbons (Fsp3) is 0.222. The second kappa shape index (κ2) is 7.01. The van der Waals surface area contributed by atoms with Crippen LogP contribution in [0.2, 0.25) is 5.02 Å². The molecule has 0 bridgehead atoms. The van der Waals surface area contributed by atoms with Crippen molar-refractivity contribution in [3.63, 3.8) is 0 Å². The highest BCUT2D eigenvalue weighted by Crippen LogP contribution is 2.22. The van der Waals surface area contributed by atoms with E-state index in [1.54, 1.807) is 29.2 Å². The third kappa shape index (κ3) is 3.57. The zero-order valence-electron chi connectivity index (χ0n) is 12.8. The highest BCUT2D eigenvalue weighted by Gasteiger charge is 2.34.